The fourth-order valence-electron chi connectivity index (χ4n) is 2.16. The number of likely N-dealkylation sites (tertiary alicyclic amines) is 1. The normalized spacial score (nSPS) is 19.5. The van der Waals surface area contributed by atoms with E-state index in [-0.39, 0.29) is 6.03 Å². The number of aliphatic hydroxyl groups excluding tert-OH is 1. The highest BCUT2D eigenvalue weighted by atomic mass is 16.3. The average molecular weight is 242 g/mol. The smallest absolute Gasteiger partial charge is 0.317 e. The second kappa shape index (κ2) is 6.84. The summed E-state index contributed by atoms with van der Waals surface area (Å²) in [6.07, 6.45) is 2.48. The molecular formula is C13H26N2O2. The Morgan fingerprint density at radius 1 is 1.41 bits per heavy atom. The van der Waals surface area contributed by atoms with Crippen LogP contribution in [0.2, 0.25) is 0 Å². The molecule has 0 aliphatic carbocycles. The van der Waals surface area contributed by atoms with Crippen molar-refractivity contribution in [2.24, 2.45) is 11.8 Å². The number of rotatable bonds is 4. The van der Waals surface area contributed by atoms with E-state index in [0.29, 0.717) is 12.5 Å². The van der Waals surface area contributed by atoms with E-state index < -0.39 is 6.10 Å². The summed E-state index contributed by atoms with van der Waals surface area (Å²) >= 11 is 0. The topological polar surface area (TPSA) is 52.6 Å². The Labute approximate surface area is 104 Å². The van der Waals surface area contributed by atoms with E-state index in [9.17, 15) is 9.90 Å². The van der Waals surface area contributed by atoms with Crippen LogP contribution in [0, 0.1) is 11.8 Å². The van der Waals surface area contributed by atoms with Crippen molar-refractivity contribution in [3.05, 3.63) is 0 Å². The van der Waals surface area contributed by atoms with Gasteiger partial charge in [0.1, 0.15) is 0 Å². The van der Waals surface area contributed by atoms with Crippen molar-refractivity contribution in [2.45, 2.75) is 46.1 Å². The Morgan fingerprint density at radius 3 is 2.53 bits per heavy atom. The van der Waals surface area contributed by atoms with Gasteiger partial charge in [0.2, 0.25) is 0 Å². The first-order valence-corrected chi connectivity index (χ1v) is 6.70. The molecule has 0 radical (unpaired) electrons. The molecule has 4 nitrogen and oxygen atoms in total. The highest BCUT2D eigenvalue weighted by Crippen LogP contribution is 2.15. The van der Waals surface area contributed by atoms with E-state index in [1.54, 1.807) is 0 Å². The van der Waals surface area contributed by atoms with Crippen LogP contribution < -0.4 is 5.32 Å². The third-order valence-corrected chi connectivity index (χ3v) is 3.30. The lowest BCUT2D eigenvalue weighted by atomic mass is 10.00. The largest absolute Gasteiger partial charge is 0.391 e. The average Bonchev–Trinajstić information content (AvgIpc) is 2.26. The van der Waals surface area contributed by atoms with Crippen LogP contribution in [0.4, 0.5) is 4.79 Å². The third kappa shape index (κ3) is 5.39. The summed E-state index contributed by atoms with van der Waals surface area (Å²) in [5.74, 6) is 1.18. The van der Waals surface area contributed by atoms with Crippen LogP contribution in [0.25, 0.3) is 0 Å². The first-order chi connectivity index (χ1) is 7.99. The van der Waals surface area contributed by atoms with Gasteiger partial charge in [0.05, 0.1) is 6.10 Å². The molecule has 0 bridgehead atoms. The van der Waals surface area contributed by atoms with E-state index in [0.717, 1.165) is 38.3 Å². The lowest BCUT2D eigenvalue weighted by molar-refractivity contribution is 0.136. The van der Waals surface area contributed by atoms with Crippen molar-refractivity contribution in [2.75, 3.05) is 19.6 Å². The number of aliphatic hydroxyl groups is 1. The Bertz CT molecular complexity index is 236. The minimum atomic E-state index is -0.428. The van der Waals surface area contributed by atoms with Crippen LogP contribution in [0.5, 0.6) is 0 Å². The van der Waals surface area contributed by atoms with Gasteiger partial charge >= 0.3 is 6.03 Å². The number of hydrogen-bond acceptors (Lipinski definition) is 2. The zero-order chi connectivity index (χ0) is 12.8. The van der Waals surface area contributed by atoms with Crippen LogP contribution in [-0.4, -0.2) is 41.8 Å². The molecule has 1 saturated heterocycles. The summed E-state index contributed by atoms with van der Waals surface area (Å²) in [5.41, 5.74) is 0. The van der Waals surface area contributed by atoms with Gasteiger partial charge in [0.25, 0.3) is 0 Å². The minimum Gasteiger partial charge on any atom is -0.391 e. The predicted molar refractivity (Wildman–Crippen MR) is 68.8 cm³/mol. The first kappa shape index (κ1) is 14.3. The maximum atomic E-state index is 11.8. The van der Waals surface area contributed by atoms with Crippen molar-refractivity contribution >= 4 is 6.03 Å². The molecule has 1 rings (SSSR count). The molecule has 1 aliphatic rings. The second-order valence-corrected chi connectivity index (χ2v) is 5.64. The summed E-state index contributed by atoms with van der Waals surface area (Å²) in [6, 6.07) is -0.0280. The maximum Gasteiger partial charge on any atom is 0.317 e. The number of carbonyl (C=O) groups excluding carboxylic acids is 1. The summed E-state index contributed by atoms with van der Waals surface area (Å²) < 4.78 is 0. The van der Waals surface area contributed by atoms with Gasteiger partial charge in [-0.15, -0.1) is 0 Å². The molecule has 100 valence electrons. The van der Waals surface area contributed by atoms with Crippen molar-refractivity contribution < 1.29 is 9.90 Å². The van der Waals surface area contributed by atoms with Crippen LogP contribution in [0.3, 0.4) is 0 Å². The molecule has 0 spiro atoms. The Morgan fingerprint density at radius 2 is 2.00 bits per heavy atom. The fourth-order valence-corrected chi connectivity index (χ4v) is 2.16. The van der Waals surface area contributed by atoms with Gasteiger partial charge < -0.3 is 15.3 Å². The second-order valence-electron chi connectivity index (χ2n) is 5.64. The fraction of sp³-hybridized carbons (Fsp3) is 0.923. The zero-order valence-electron chi connectivity index (χ0n) is 11.3. The highest BCUT2D eigenvalue weighted by molar-refractivity contribution is 5.74. The van der Waals surface area contributed by atoms with E-state index in [1.807, 2.05) is 4.90 Å². The molecule has 2 amide bonds. The zero-order valence-corrected chi connectivity index (χ0v) is 11.3. The first-order valence-electron chi connectivity index (χ1n) is 6.70. The molecule has 4 heteroatoms. The predicted octanol–water partition coefficient (Wildman–Crippen LogP) is 1.83. The number of hydrogen-bond donors (Lipinski definition) is 2. The molecular weight excluding hydrogens is 216 g/mol. The van der Waals surface area contributed by atoms with Crippen LogP contribution in [0.15, 0.2) is 0 Å². The summed E-state index contributed by atoms with van der Waals surface area (Å²) in [4.78, 5) is 13.6. The van der Waals surface area contributed by atoms with Gasteiger partial charge in [-0.1, -0.05) is 20.8 Å². The maximum absolute atomic E-state index is 11.8. The molecule has 1 fully saturated rings. The van der Waals surface area contributed by atoms with Crippen molar-refractivity contribution in [1.29, 1.82) is 0 Å². The number of piperidine rings is 1. The number of nitrogens with one attached hydrogen (secondary N) is 1. The van der Waals surface area contributed by atoms with Gasteiger partial charge in [0.15, 0.2) is 0 Å². The van der Waals surface area contributed by atoms with E-state index >= 15 is 0 Å². The lowest BCUT2D eigenvalue weighted by Crippen LogP contribution is -2.46. The molecule has 0 saturated carbocycles. The summed E-state index contributed by atoms with van der Waals surface area (Å²) in [7, 11) is 0. The molecule has 0 aromatic carbocycles. The third-order valence-electron chi connectivity index (χ3n) is 3.30. The molecule has 0 aromatic heterocycles. The van der Waals surface area contributed by atoms with E-state index in [4.69, 9.17) is 0 Å². The van der Waals surface area contributed by atoms with E-state index in [1.165, 1.54) is 0 Å². The van der Waals surface area contributed by atoms with Gasteiger partial charge in [0, 0.05) is 19.6 Å². The van der Waals surface area contributed by atoms with Gasteiger partial charge in [-0.25, -0.2) is 4.79 Å². The molecule has 1 aliphatic heterocycles. The Hall–Kier alpha value is -0.770. The molecule has 1 atom stereocenters. The molecule has 1 unspecified atom stereocenters. The number of nitrogens with zero attached hydrogens (tertiary/aromatic N) is 1. The van der Waals surface area contributed by atoms with Gasteiger partial charge in [-0.2, -0.15) is 0 Å². The highest BCUT2D eigenvalue weighted by Gasteiger charge is 2.20. The number of urea groups is 1. The van der Waals surface area contributed by atoms with Crippen LogP contribution >= 0.6 is 0 Å². The Kier molecular flexibility index (Phi) is 5.75. The minimum absolute atomic E-state index is 0.0280. The number of carbonyl (C=O) groups is 1. The lowest BCUT2D eigenvalue weighted by Gasteiger charge is -2.30. The standard InChI is InChI=1S/C13H26N2O2/c1-10(2)8-12(16)9-14-13(17)15-6-4-11(3)5-7-15/h10-12,16H,4-9H2,1-3H3,(H,14,17). The van der Waals surface area contributed by atoms with Gasteiger partial charge in [-0.3, -0.25) is 0 Å². The SMILES string of the molecule is CC(C)CC(O)CNC(=O)N1CCC(C)CC1. The van der Waals surface area contributed by atoms with Crippen molar-refractivity contribution in [3.8, 4) is 0 Å². The van der Waals surface area contributed by atoms with Crippen molar-refractivity contribution in [1.82, 2.24) is 10.2 Å². The molecule has 1 heterocycles. The van der Waals surface area contributed by atoms with Crippen LogP contribution in [0.1, 0.15) is 40.0 Å². The van der Waals surface area contributed by atoms with Crippen molar-refractivity contribution in [3.63, 3.8) is 0 Å². The summed E-state index contributed by atoms with van der Waals surface area (Å²) in [6.45, 7) is 8.40. The Balaban J connectivity index is 2.20. The monoisotopic (exact) mass is 242 g/mol. The van der Waals surface area contributed by atoms with Gasteiger partial charge in [-0.05, 0) is 31.1 Å². The molecule has 17 heavy (non-hydrogen) atoms. The van der Waals surface area contributed by atoms with E-state index in [2.05, 4.69) is 26.1 Å². The molecule has 2 N–H and O–H groups in total. The quantitative estimate of drug-likeness (QED) is 0.790. The summed E-state index contributed by atoms with van der Waals surface area (Å²) in [5, 5.41) is 12.5. The number of amides is 2. The van der Waals surface area contributed by atoms with Crippen LogP contribution in [-0.2, 0) is 0 Å². The molecule has 0 aromatic rings.